The largest absolute Gasteiger partial charge is 0.393 e. The molecule has 1 nitrogen and oxygen atoms in total. The number of aliphatic hydroxyl groups is 1. The van der Waals surface area contributed by atoms with Crippen LogP contribution in [0.2, 0.25) is 0 Å². The molecule has 8 atom stereocenters. The third-order valence-electron chi connectivity index (χ3n) is 10.5. The molecular formula is C29H48O. The van der Waals surface area contributed by atoms with Crippen LogP contribution in [0, 0.1) is 46.3 Å². The van der Waals surface area contributed by atoms with Crippen LogP contribution >= 0.6 is 0 Å². The van der Waals surface area contributed by atoms with E-state index in [1.165, 1.54) is 51.4 Å². The third kappa shape index (κ3) is 3.87. The molecule has 0 aliphatic heterocycles. The van der Waals surface area contributed by atoms with E-state index in [0.29, 0.717) is 16.7 Å². The third-order valence-corrected chi connectivity index (χ3v) is 10.5. The van der Waals surface area contributed by atoms with E-state index in [1.807, 2.05) is 11.1 Å². The summed E-state index contributed by atoms with van der Waals surface area (Å²) < 4.78 is 0. The first kappa shape index (κ1) is 22.6. The molecule has 0 aromatic heterocycles. The maximum atomic E-state index is 10.3. The van der Waals surface area contributed by atoms with E-state index in [4.69, 9.17) is 0 Å². The monoisotopic (exact) mass is 412 g/mol. The molecule has 0 aromatic carbocycles. The lowest BCUT2D eigenvalue weighted by atomic mass is 9.49. The van der Waals surface area contributed by atoms with Gasteiger partial charge in [0.25, 0.3) is 0 Å². The minimum absolute atomic E-state index is 0.0348. The maximum absolute atomic E-state index is 10.3. The lowest BCUT2D eigenvalue weighted by Gasteiger charge is -2.56. The molecule has 1 heteroatoms. The van der Waals surface area contributed by atoms with Crippen molar-refractivity contribution in [3.63, 3.8) is 0 Å². The van der Waals surface area contributed by atoms with Gasteiger partial charge in [0.2, 0.25) is 0 Å². The molecule has 170 valence electrons. The highest BCUT2D eigenvalue weighted by molar-refractivity contribution is 5.34. The lowest BCUT2D eigenvalue weighted by Crippen LogP contribution is -2.47. The molecule has 1 N–H and O–H groups in total. The Hall–Kier alpha value is -0.560. The second-order valence-electron chi connectivity index (χ2n) is 12.6. The summed E-state index contributed by atoms with van der Waals surface area (Å²) in [7, 11) is 0. The molecule has 4 aliphatic rings. The molecule has 0 aromatic rings. The highest BCUT2D eigenvalue weighted by Gasteiger charge is 2.54. The Morgan fingerprint density at radius 2 is 1.83 bits per heavy atom. The Balaban J connectivity index is 1.54. The van der Waals surface area contributed by atoms with E-state index < -0.39 is 0 Å². The average molecular weight is 413 g/mol. The number of fused-ring (bicyclic) bond motifs is 4. The summed E-state index contributed by atoms with van der Waals surface area (Å²) in [5, 5.41) is 10.3. The predicted octanol–water partition coefficient (Wildman–Crippen LogP) is 7.94. The Morgan fingerprint density at radius 3 is 2.53 bits per heavy atom. The van der Waals surface area contributed by atoms with Gasteiger partial charge in [-0.25, -0.2) is 0 Å². The van der Waals surface area contributed by atoms with Crippen LogP contribution in [-0.2, 0) is 0 Å². The first-order valence-corrected chi connectivity index (χ1v) is 13.3. The Labute approximate surface area is 186 Å². The molecule has 3 fully saturated rings. The van der Waals surface area contributed by atoms with Crippen molar-refractivity contribution in [1.82, 2.24) is 0 Å². The van der Waals surface area contributed by atoms with Crippen molar-refractivity contribution < 1.29 is 5.11 Å². The number of hydrogen-bond acceptors (Lipinski definition) is 1. The van der Waals surface area contributed by atoms with Crippen LogP contribution in [0.15, 0.2) is 23.3 Å². The summed E-state index contributed by atoms with van der Waals surface area (Å²) in [5.41, 5.74) is 4.71. The lowest BCUT2D eigenvalue weighted by molar-refractivity contribution is -0.0357. The zero-order valence-corrected chi connectivity index (χ0v) is 20.7. The molecular weight excluding hydrogens is 364 g/mol. The first-order valence-electron chi connectivity index (χ1n) is 13.3. The average Bonchev–Trinajstić information content (AvgIpc) is 3.06. The molecule has 4 aliphatic carbocycles. The molecule has 0 unspecified atom stereocenters. The van der Waals surface area contributed by atoms with E-state index in [2.05, 4.69) is 53.7 Å². The van der Waals surface area contributed by atoms with E-state index in [9.17, 15) is 5.11 Å². The fraction of sp³-hybridized carbons (Fsp3) is 0.862. The zero-order valence-electron chi connectivity index (χ0n) is 20.7. The van der Waals surface area contributed by atoms with Gasteiger partial charge in [0.05, 0.1) is 6.10 Å². The van der Waals surface area contributed by atoms with Gasteiger partial charge in [0.1, 0.15) is 0 Å². The number of aliphatic hydroxyl groups excluding tert-OH is 1. The zero-order chi connectivity index (χ0) is 21.7. The SMILES string of the molecule is CC[C@H](/C=C/[C@@H](C)[C@H]1CC2=C3CC[C@H]4C[C@@H](O)CC[C@]4(C)[C@H]3CC[C@]2(C)C1)C(C)C. The van der Waals surface area contributed by atoms with E-state index in [1.54, 1.807) is 0 Å². The molecule has 0 radical (unpaired) electrons. The maximum Gasteiger partial charge on any atom is 0.0543 e. The summed E-state index contributed by atoms with van der Waals surface area (Å²) in [5.74, 6) is 4.56. The van der Waals surface area contributed by atoms with Gasteiger partial charge in [-0.2, -0.15) is 0 Å². The molecule has 0 heterocycles. The summed E-state index contributed by atoms with van der Waals surface area (Å²) in [6.45, 7) is 14.7. The van der Waals surface area contributed by atoms with E-state index in [0.717, 1.165) is 42.4 Å². The van der Waals surface area contributed by atoms with Crippen LogP contribution in [0.25, 0.3) is 0 Å². The van der Waals surface area contributed by atoms with E-state index >= 15 is 0 Å². The van der Waals surface area contributed by atoms with Gasteiger partial charge in [0.15, 0.2) is 0 Å². The summed E-state index contributed by atoms with van der Waals surface area (Å²) >= 11 is 0. The normalized spacial score (nSPS) is 43.5. The van der Waals surface area contributed by atoms with Crippen LogP contribution in [0.5, 0.6) is 0 Å². The van der Waals surface area contributed by atoms with Crippen LogP contribution < -0.4 is 0 Å². The van der Waals surface area contributed by atoms with E-state index in [-0.39, 0.29) is 6.10 Å². The van der Waals surface area contributed by atoms with Crippen molar-refractivity contribution in [2.75, 3.05) is 0 Å². The van der Waals surface area contributed by atoms with Crippen LogP contribution in [0.1, 0.15) is 106 Å². The predicted molar refractivity (Wildman–Crippen MR) is 128 cm³/mol. The Morgan fingerprint density at radius 1 is 1.07 bits per heavy atom. The second-order valence-corrected chi connectivity index (χ2v) is 12.6. The summed E-state index contributed by atoms with van der Waals surface area (Å²) in [4.78, 5) is 0. The van der Waals surface area contributed by atoms with Crippen molar-refractivity contribution >= 4 is 0 Å². The molecule has 0 bridgehead atoms. The minimum Gasteiger partial charge on any atom is -0.393 e. The molecule has 4 rings (SSSR count). The Kier molecular flexibility index (Phi) is 6.35. The van der Waals surface area contributed by atoms with Crippen LogP contribution in [0.4, 0.5) is 0 Å². The molecule has 0 saturated heterocycles. The van der Waals surface area contributed by atoms with Gasteiger partial charge in [-0.05, 0) is 111 Å². The number of allylic oxidation sites excluding steroid dienone is 4. The van der Waals surface area contributed by atoms with Gasteiger partial charge in [0, 0.05) is 0 Å². The van der Waals surface area contributed by atoms with Gasteiger partial charge in [-0.1, -0.05) is 64.8 Å². The summed E-state index contributed by atoms with van der Waals surface area (Å²) in [6.07, 6.45) is 17.9. The van der Waals surface area contributed by atoms with Crippen LogP contribution in [-0.4, -0.2) is 11.2 Å². The quantitative estimate of drug-likeness (QED) is 0.454. The minimum atomic E-state index is -0.0348. The fourth-order valence-electron chi connectivity index (χ4n) is 8.26. The molecule has 0 spiro atoms. The van der Waals surface area contributed by atoms with Gasteiger partial charge in [-0.3, -0.25) is 0 Å². The van der Waals surface area contributed by atoms with Crippen molar-refractivity contribution in [1.29, 1.82) is 0 Å². The molecule has 0 amide bonds. The highest BCUT2D eigenvalue weighted by Crippen LogP contribution is 2.64. The topological polar surface area (TPSA) is 20.2 Å². The number of hydrogen-bond donors (Lipinski definition) is 1. The molecule has 3 saturated carbocycles. The summed E-state index contributed by atoms with van der Waals surface area (Å²) in [6, 6.07) is 0. The fourth-order valence-corrected chi connectivity index (χ4v) is 8.26. The van der Waals surface area contributed by atoms with Crippen molar-refractivity contribution in [2.24, 2.45) is 46.3 Å². The van der Waals surface area contributed by atoms with Gasteiger partial charge < -0.3 is 5.11 Å². The molecule has 30 heavy (non-hydrogen) atoms. The number of rotatable bonds is 5. The first-order chi connectivity index (χ1) is 14.2. The van der Waals surface area contributed by atoms with Gasteiger partial charge in [-0.15, -0.1) is 0 Å². The highest BCUT2D eigenvalue weighted by atomic mass is 16.3. The standard InChI is InChI=1S/C29H48O/c1-7-21(19(2)3)9-8-20(4)22-16-27-25-11-10-23-17-24(30)12-15-29(23,6)26(25)13-14-28(27,5)18-22/h8-9,19-24,26,30H,7,10-18H2,1-6H3/b9-8+/t20-,21-,22+,23+,24+,26+,28-,29+/m1/s1. The smallest absolute Gasteiger partial charge is 0.0543 e. The van der Waals surface area contributed by atoms with Crippen molar-refractivity contribution in [3.8, 4) is 0 Å². The second kappa shape index (κ2) is 8.42. The van der Waals surface area contributed by atoms with Crippen molar-refractivity contribution in [3.05, 3.63) is 23.3 Å². The Bertz CT molecular complexity index is 686. The van der Waals surface area contributed by atoms with Gasteiger partial charge >= 0.3 is 0 Å². The van der Waals surface area contributed by atoms with Crippen molar-refractivity contribution in [2.45, 2.75) is 112 Å². The van der Waals surface area contributed by atoms with Crippen LogP contribution in [0.3, 0.4) is 0 Å².